The van der Waals surface area contributed by atoms with Crippen molar-refractivity contribution in [2.45, 2.75) is 39.4 Å². The molecule has 0 atom stereocenters. The Balaban J connectivity index is 2.82. The van der Waals surface area contributed by atoms with Crippen molar-refractivity contribution >= 4 is 0 Å². The Labute approximate surface area is 104 Å². The average Bonchev–Trinajstić information content (AvgIpc) is 2.31. The molecule has 0 fully saturated rings. The fraction of sp³-hybridized carbons (Fsp3) is 0.571. The summed E-state index contributed by atoms with van der Waals surface area (Å²) in [5.74, 6) is 0. The highest BCUT2D eigenvalue weighted by Crippen LogP contribution is 2.18. The van der Waals surface area contributed by atoms with E-state index < -0.39 is 0 Å². The van der Waals surface area contributed by atoms with Crippen LogP contribution in [0, 0.1) is 6.92 Å². The van der Waals surface area contributed by atoms with Gasteiger partial charge in [-0.2, -0.15) is 0 Å². The smallest absolute Gasteiger partial charge is 0.0610 e. The molecule has 0 bridgehead atoms. The highest BCUT2D eigenvalue weighted by Gasteiger charge is 2.22. The molecule has 3 nitrogen and oxygen atoms in total. The highest BCUT2D eigenvalue weighted by molar-refractivity contribution is 5.31. The van der Waals surface area contributed by atoms with Gasteiger partial charge in [-0.3, -0.25) is 4.90 Å². The number of hydrogen-bond acceptors (Lipinski definition) is 3. The SMILES string of the molecule is Cc1cc(CN)ccc1CN(C)C(C)(C)CO. The molecule has 0 aliphatic carbocycles. The van der Waals surface area contributed by atoms with E-state index in [9.17, 15) is 5.11 Å². The molecule has 0 aromatic heterocycles. The summed E-state index contributed by atoms with van der Waals surface area (Å²) in [6, 6.07) is 6.33. The summed E-state index contributed by atoms with van der Waals surface area (Å²) in [5, 5.41) is 9.34. The first kappa shape index (κ1) is 14.2. The Kier molecular flexibility index (Phi) is 4.69. The van der Waals surface area contributed by atoms with Gasteiger partial charge in [-0.15, -0.1) is 0 Å². The van der Waals surface area contributed by atoms with Crippen LogP contribution in [0.5, 0.6) is 0 Å². The van der Waals surface area contributed by atoms with E-state index in [0.29, 0.717) is 6.54 Å². The van der Waals surface area contributed by atoms with Crippen LogP contribution in [0.1, 0.15) is 30.5 Å². The lowest BCUT2D eigenvalue weighted by molar-refractivity contribution is 0.0732. The Morgan fingerprint density at radius 1 is 1.35 bits per heavy atom. The Bertz CT molecular complexity index is 374. The Hall–Kier alpha value is -0.900. The maximum Gasteiger partial charge on any atom is 0.0610 e. The van der Waals surface area contributed by atoms with Crippen LogP contribution >= 0.6 is 0 Å². The summed E-state index contributed by atoms with van der Waals surface area (Å²) in [4.78, 5) is 2.16. The molecule has 17 heavy (non-hydrogen) atoms. The van der Waals surface area contributed by atoms with E-state index >= 15 is 0 Å². The average molecular weight is 236 g/mol. The van der Waals surface area contributed by atoms with Crippen molar-refractivity contribution in [1.29, 1.82) is 0 Å². The molecule has 1 rings (SSSR count). The van der Waals surface area contributed by atoms with Crippen LogP contribution in [-0.2, 0) is 13.1 Å². The fourth-order valence-corrected chi connectivity index (χ4v) is 1.65. The van der Waals surface area contributed by atoms with Gasteiger partial charge in [0.1, 0.15) is 0 Å². The van der Waals surface area contributed by atoms with Gasteiger partial charge in [-0.05, 0) is 44.5 Å². The predicted octanol–water partition coefficient (Wildman–Crippen LogP) is 1.66. The van der Waals surface area contributed by atoms with E-state index in [2.05, 4.69) is 30.0 Å². The number of aliphatic hydroxyl groups is 1. The number of aliphatic hydroxyl groups excluding tert-OH is 1. The van der Waals surface area contributed by atoms with Gasteiger partial charge in [0.15, 0.2) is 0 Å². The fourth-order valence-electron chi connectivity index (χ4n) is 1.65. The van der Waals surface area contributed by atoms with Gasteiger partial charge < -0.3 is 10.8 Å². The predicted molar refractivity (Wildman–Crippen MR) is 71.7 cm³/mol. The molecule has 1 aromatic carbocycles. The van der Waals surface area contributed by atoms with Crippen LogP contribution in [-0.4, -0.2) is 29.2 Å². The van der Waals surface area contributed by atoms with Crippen molar-refractivity contribution in [2.24, 2.45) is 5.73 Å². The van der Waals surface area contributed by atoms with Gasteiger partial charge in [-0.1, -0.05) is 18.2 Å². The third kappa shape index (κ3) is 3.53. The highest BCUT2D eigenvalue weighted by atomic mass is 16.3. The molecule has 0 heterocycles. The molecule has 3 heteroatoms. The quantitative estimate of drug-likeness (QED) is 0.817. The van der Waals surface area contributed by atoms with Gasteiger partial charge in [0.2, 0.25) is 0 Å². The van der Waals surface area contributed by atoms with Crippen LogP contribution in [0.15, 0.2) is 18.2 Å². The minimum Gasteiger partial charge on any atom is -0.394 e. The molecule has 0 spiro atoms. The van der Waals surface area contributed by atoms with E-state index in [1.807, 2.05) is 20.9 Å². The van der Waals surface area contributed by atoms with Crippen molar-refractivity contribution in [3.8, 4) is 0 Å². The maximum absolute atomic E-state index is 9.34. The number of aryl methyl sites for hydroxylation is 1. The van der Waals surface area contributed by atoms with E-state index in [4.69, 9.17) is 5.73 Å². The minimum atomic E-state index is -0.195. The van der Waals surface area contributed by atoms with Crippen molar-refractivity contribution < 1.29 is 5.11 Å². The first-order chi connectivity index (χ1) is 7.90. The van der Waals surface area contributed by atoms with Crippen molar-refractivity contribution in [1.82, 2.24) is 4.90 Å². The maximum atomic E-state index is 9.34. The molecule has 0 aliphatic rings. The summed E-state index contributed by atoms with van der Waals surface area (Å²) in [6.07, 6.45) is 0. The second kappa shape index (κ2) is 5.63. The molecule has 3 N–H and O–H groups in total. The third-order valence-electron chi connectivity index (χ3n) is 3.47. The largest absolute Gasteiger partial charge is 0.394 e. The van der Waals surface area contributed by atoms with Gasteiger partial charge in [0, 0.05) is 18.6 Å². The van der Waals surface area contributed by atoms with Gasteiger partial charge >= 0.3 is 0 Å². The van der Waals surface area contributed by atoms with Gasteiger partial charge in [-0.25, -0.2) is 0 Å². The monoisotopic (exact) mass is 236 g/mol. The molecule has 0 aliphatic heterocycles. The molecule has 0 radical (unpaired) electrons. The Morgan fingerprint density at radius 2 is 2.00 bits per heavy atom. The van der Waals surface area contributed by atoms with Crippen molar-refractivity contribution in [3.05, 3.63) is 34.9 Å². The summed E-state index contributed by atoms with van der Waals surface area (Å²) in [7, 11) is 2.03. The lowest BCUT2D eigenvalue weighted by Crippen LogP contribution is -2.43. The van der Waals surface area contributed by atoms with Gasteiger partial charge in [0.05, 0.1) is 6.61 Å². The second-order valence-electron chi connectivity index (χ2n) is 5.29. The number of likely N-dealkylation sites (N-methyl/N-ethyl adjacent to an activating group) is 1. The number of nitrogens with zero attached hydrogens (tertiary/aromatic N) is 1. The number of rotatable bonds is 5. The molecular weight excluding hydrogens is 212 g/mol. The van der Waals surface area contributed by atoms with Crippen LogP contribution in [0.2, 0.25) is 0 Å². The van der Waals surface area contributed by atoms with Crippen LogP contribution in [0.25, 0.3) is 0 Å². The minimum absolute atomic E-state index is 0.156. The van der Waals surface area contributed by atoms with E-state index in [0.717, 1.165) is 12.1 Å². The zero-order valence-corrected chi connectivity index (χ0v) is 11.3. The van der Waals surface area contributed by atoms with E-state index in [1.54, 1.807) is 0 Å². The molecule has 1 aromatic rings. The second-order valence-corrected chi connectivity index (χ2v) is 5.29. The number of benzene rings is 1. The summed E-state index contributed by atoms with van der Waals surface area (Å²) in [6.45, 7) is 7.76. The molecule has 0 saturated heterocycles. The first-order valence-electron chi connectivity index (χ1n) is 6.01. The molecule has 0 saturated carbocycles. The van der Waals surface area contributed by atoms with Crippen LogP contribution in [0.4, 0.5) is 0 Å². The standard InChI is InChI=1S/C14H24N2O/c1-11-7-12(8-15)5-6-13(11)9-16(4)14(2,3)10-17/h5-7,17H,8-10,15H2,1-4H3. The third-order valence-corrected chi connectivity index (χ3v) is 3.47. The lowest BCUT2D eigenvalue weighted by atomic mass is 10.0. The van der Waals surface area contributed by atoms with Crippen LogP contribution < -0.4 is 5.73 Å². The summed E-state index contributed by atoms with van der Waals surface area (Å²) >= 11 is 0. The van der Waals surface area contributed by atoms with Gasteiger partial charge in [0.25, 0.3) is 0 Å². The van der Waals surface area contributed by atoms with E-state index in [1.165, 1.54) is 11.1 Å². The zero-order valence-electron chi connectivity index (χ0n) is 11.3. The number of hydrogen-bond donors (Lipinski definition) is 2. The molecule has 0 unspecified atom stereocenters. The zero-order chi connectivity index (χ0) is 13.1. The summed E-state index contributed by atoms with van der Waals surface area (Å²) in [5.41, 5.74) is 9.13. The lowest BCUT2D eigenvalue weighted by Gasteiger charge is -2.34. The Morgan fingerprint density at radius 3 is 2.47 bits per heavy atom. The number of nitrogens with two attached hydrogens (primary N) is 1. The van der Waals surface area contributed by atoms with Crippen LogP contribution in [0.3, 0.4) is 0 Å². The topological polar surface area (TPSA) is 49.5 Å². The molecule has 0 amide bonds. The van der Waals surface area contributed by atoms with E-state index in [-0.39, 0.29) is 12.1 Å². The molecular formula is C14H24N2O. The molecule has 96 valence electrons. The first-order valence-corrected chi connectivity index (χ1v) is 6.01. The summed E-state index contributed by atoms with van der Waals surface area (Å²) < 4.78 is 0. The van der Waals surface area contributed by atoms with Crippen molar-refractivity contribution in [2.75, 3.05) is 13.7 Å². The van der Waals surface area contributed by atoms with Crippen molar-refractivity contribution in [3.63, 3.8) is 0 Å². The normalized spacial score (nSPS) is 12.2.